The van der Waals surface area contributed by atoms with Crippen LogP contribution in [0.5, 0.6) is 0 Å². The summed E-state index contributed by atoms with van der Waals surface area (Å²) in [5.41, 5.74) is 0.667. The first-order valence-corrected chi connectivity index (χ1v) is 10.5. The number of halogens is 1. The van der Waals surface area contributed by atoms with Gasteiger partial charge in [-0.3, -0.25) is 9.59 Å². The lowest BCUT2D eigenvalue weighted by atomic mass is 9.87. The van der Waals surface area contributed by atoms with Gasteiger partial charge in [0, 0.05) is 5.39 Å². The molecule has 156 valence electrons. The highest BCUT2D eigenvalue weighted by molar-refractivity contribution is 5.88. The van der Waals surface area contributed by atoms with Crippen molar-refractivity contribution < 1.29 is 9.18 Å². The molecule has 1 heterocycles. The van der Waals surface area contributed by atoms with Crippen LogP contribution in [0.25, 0.3) is 10.8 Å². The van der Waals surface area contributed by atoms with Crippen molar-refractivity contribution in [2.75, 3.05) is 0 Å². The maximum Gasteiger partial charge on any atom is 0.274 e. The molecule has 30 heavy (non-hydrogen) atoms. The van der Waals surface area contributed by atoms with E-state index in [0.29, 0.717) is 16.5 Å². The molecule has 1 saturated carbocycles. The maximum atomic E-state index is 13.9. The van der Waals surface area contributed by atoms with Gasteiger partial charge in [-0.05, 0) is 50.5 Å². The van der Waals surface area contributed by atoms with Crippen molar-refractivity contribution in [1.82, 2.24) is 15.1 Å². The Balaban J connectivity index is 1.68. The van der Waals surface area contributed by atoms with E-state index in [2.05, 4.69) is 10.4 Å². The maximum absolute atomic E-state index is 13.9. The molecule has 0 spiro atoms. The van der Waals surface area contributed by atoms with Crippen LogP contribution in [0.2, 0.25) is 0 Å². The molecule has 0 aliphatic heterocycles. The second-order valence-electron chi connectivity index (χ2n) is 8.36. The minimum Gasteiger partial charge on any atom is -0.346 e. The number of fused-ring (bicyclic) bond motifs is 1. The van der Waals surface area contributed by atoms with Crippen molar-refractivity contribution in [3.05, 3.63) is 76.0 Å². The summed E-state index contributed by atoms with van der Waals surface area (Å²) in [5.74, 6) is -0.475. The van der Waals surface area contributed by atoms with Crippen LogP contribution in [-0.2, 0) is 16.8 Å². The van der Waals surface area contributed by atoms with E-state index in [1.54, 1.807) is 12.1 Å². The number of carbonyl (C=O) groups excluding carboxylic acids is 1. The lowest BCUT2D eigenvalue weighted by Crippen LogP contribution is -2.44. The second-order valence-corrected chi connectivity index (χ2v) is 8.36. The van der Waals surface area contributed by atoms with Crippen molar-refractivity contribution in [2.45, 2.75) is 57.5 Å². The molecule has 1 aliphatic rings. The van der Waals surface area contributed by atoms with Gasteiger partial charge < -0.3 is 5.32 Å². The number of nitrogens with zero attached hydrogens (tertiary/aromatic N) is 2. The average molecular weight is 407 g/mol. The third-order valence-electron chi connectivity index (χ3n) is 5.94. The summed E-state index contributed by atoms with van der Waals surface area (Å²) >= 11 is 0. The molecule has 2 aromatic carbocycles. The first-order chi connectivity index (χ1) is 14.4. The minimum atomic E-state index is -0.554. The Morgan fingerprint density at radius 1 is 1.13 bits per heavy atom. The Morgan fingerprint density at radius 3 is 2.50 bits per heavy atom. The third-order valence-corrected chi connectivity index (χ3v) is 5.94. The first-order valence-electron chi connectivity index (χ1n) is 10.5. The number of hydrogen-bond acceptors (Lipinski definition) is 3. The predicted molar refractivity (Wildman–Crippen MR) is 115 cm³/mol. The molecule has 5 nitrogen and oxygen atoms in total. The zero-order chi connectivity index (χ0) is 21.3. The van der Waals surface area contributed by atoms with Crippen molar-refractivity contribution in [1.29, 1.82) is 0 Å². The average Bonchev–Trinajstić information content (AvgIpc) is 3.19. The van der Waals surface area contributed by atoms with Crippen LogP contribution in [-0.4, -0.2) is 15.7 Å². The van der Waals surface area contributed by atoms with E-state index in [1.165, 1.54) is 16.8 Å². The summed E-state index contributed by atoms with van der Waals surface area (Å²) in [6, 6.07) is 13.6. The topological polar surface area (TPSA) is 64.0 Å². The summed E-state index contributed by atoms with van der Waals surface area (Å²) in [6.07, 6.45) is 3.58. The van der Waals surface area contributed by atoms with Crippen molar-refractivity contribution in [3.8, 4) is 0 Å². The van der Waals surface area contributed by atoms with E-state index in [4.69, 9.17) is 0 Å². The van der Waals surface area contributed by atoms with Crippen molar-refractivity contribution >= 4 is 16.7 Å². The van der Waals surface area contributed by atoms with Gasteiger partial charge in [0.25, 0.3) is 5.56 Å². The molecule has 4 rings (SSSR count). The lowest BCUT2D eigenvalue weighted by molar-refractivity contribution is -0.122. The molecule has 6 heteroatoms. The fourth-order valence-electron chi connectivity index (χ4n) is 4.47. The molecular formula is C24H26FN3O2. The predicted octanol–water partition coefficient (Wildman–Crippen LogP) is 4.24. The highest BCUT2D eigenvalue weighted by Crippen LogP contribution is 2.39. The van der Waals surface area contributed by atoms with E-state index in [9.17, 15) is 14.0 Å². The van der Waals surface area contributed by atoms with E-state index >= 15 is 0 Å². The van der Waals surface area contributed by atoms with Gasteiger partial charge in [0.15, 0.2) is 0 Å². The Labute approximate surface area is 174 Å². The Hall–Kier alpha value is -3.02. The number of carbonyl (C=O) groups is 1. The highest BCUT2D eigenvalue weighted by atomic mass is 19.1. The van der Waals surface area contributed by atoms with Crippen LogP contribution < -0.4 is 10.9 Å². The molecule has 0 radical (unpaired) electrons. The third kappa shape index (κ3) is 3.74. The standard InChI is InChI=1S/C24H26FN3O2/c1-16(2)28-23(30)20-11-4-3-10-19(20)21(27-28)15-22(29)26-24(12-5-6-13-24)17-8-7-9-18(25)14-17/h3-4,7-11,14,16H,5-6,12-13,15H2,1-2H3,(H,26,29). The van der Waals surface area contributed by atoms with Gasteiger partial charge in [-0.1, -0.05) is 43.2 Å². The van der Waals surface area contributed by atoms with Crippen LogP contribution >= 0.6 is 0 Å². The Kier molecular flexibility index (Phi) is 5.41. The van der Waals surface area contributed by atoms with Gasteiger partial charge in [-0.15, -0.1) is 0 Å². The molecule has 0 bridgehead atoms. The molecule has 0 atom stereocenters. The smallest absolute Gasteiger partial charge is 0.274 e. The van der Waals surface area contributed by atoms with E-state index in [0.717, 1.165) is 31.2 Å². The summed E-state index contributed by atoms with van der Waals surface area (Å²) in [6.45, 7) is 3.79. The molecule has 0 saturated heterocycles. The molecule has 1 N–H and O–H groups in total. The van der Waals surface area contributed by atoms with Gasteiger partial charge in [0.05, 0.1) is 29.1 Å². The quantitative estimate of drug-likeness (QED) is 0.688. The second kappa shape index (κ2) is 8.01. The van der Waals surface area contributed by atoms with Gasteiger partial charge in [0.2, 0.25) is 5.91 Å². The fourth-order valence-corrected chi connectivity index (χ4v) is 4.47. The van der Waals surface area contributed by atoms with Gasteiger partial charge >= 0.3 is 0 Å². The first kappa shape index (κ1) is 20.3. The van der Waals surface area contributed by atoms with Crippen LogP contribution in [0.1, 0.15) is 56.8 Å². The van der Waals surface area contributed by atoms with Crippen molar-refractivity contribution in [3.63, 3.8) is 0 Å². The number of benzene rings is 2. The van der Waals surface area contributed by atoms with E-state index in [-0.39, 0.29) is 29.7 Å². The molecule has 1 aromatic heterocycles. The molecular weight excluding hydrogens is 381 g/mol. The SMILES string of the molecule is CC(C)n1nc(CC(=O)NC2(c3cccc(F)c3)CCCC2)c2ccccc2c1=O. The number of hydrogen-bond donors (Lipinski definition) is 1. The fraction of sp³-hybridized carbons (Fsp3) is 0.375. The van der Waals surface area contributed by atoms with Crippen LogP contribution in [0.4, 0.5) is 4.39 Å². The van der Waals surface area contributed by atoms with Crippen molar-refractivity contribution in [2.24, 2.45) is 0 Å². The molecule has 1 fully saturated rings. The Bertz CT molecular complexity index is 1150. The summed E-state index contributed by atoms with van der Waals surface area (Å²) in [7, 11) is 0. The lowest BCUT2D eigenvalue weighted by Gasteiger charge is -2.31. The van der Waals surface area contributed by atoms with Gasteiger partial charge in [0.1, 0.15) is 5.82 Å². The number of nitrogens with one attached hydrogen (secondary N) is 1. The molecule has 3 aromatic rings. The largest absolute Gasteiger partial charge is 0.346 e. The van der Waals surface area contributed by atoms with E-state index < -0.39 is 5.54 Å². The number of rotatable bonds is 5. The zero-order valence-electron chi connectivity index (χ0n) is 17.3. The van der Waals surface area contributed by atoms with E-state index in [1.807, 2.05) is 38.1 Å². The minimum absolute atomic E-state index is 0.0601. The normalized spacial score (nSPS) is 15.6. The summed E-state index contributed by atoms with van der Waals surface area (Å²) in [5, 5.41) is 8.94. The number of aromatic nitrogens is 2. The van der Waals surface area contributed by atoms with Crippen LogP contribution in [0, 0.1) is 5.82 Å². The molecule has 1 aliphatic carbocycles. The van der Waals surface area contributed by atoms with Crippen LogP contribution in [0.3, 0.4) is 0 Å². The molecule has 0 unspecified atom stereocenters. The highest BCUT2D eigenvalue weighted by Gasteiger charge is 2.37. The number of amides is 1. The summed E-state index contributed by atoms with van der Waals surface area (Å²) in [4.78, 5) is 25.8. The molecule has 1 amide bonds. The monoisotopic (exact) mass is 407 g/mol. The van der Waals surface area contributed by atoms with Crippen LogP contribution in [0.15, 0.2) is 53.3 Å². The van der Waals surface area contributed by atoms with Gasteiger partial charge in [-0.2, -0.15) is 5.10 Å². The Morgan fingerprint density at radius 2 is 1.83 bits per heavy atom. The summed E-state index contributed by atoms with van der Waals surface area (Å²) < 4.78 is 15.3. The zero-order valence-corrected chi connectivity index (χ0v) is 17.3. The van der Waals surface area contributed by atoms with Gasteiger partial charge in [-0.25, -0.2) is 9.07 Å².